The van der Waals surface area contributed by atoms with Crippen LogP contribution in [0, 0.1) is 0 Å². The number of aromatic nitrogens is 2. The predicted molar refractivity (Wildman–Crippen MR) is 243 cm³/mol. The van der Waals surface area contributed by atoms with Crippen LogP contribution in [0.2, 0.25) is 0 Å². The lowest BCUT2D eigenvalue weighted by Gasteiger charge is -2.17. The molecule has 0 N–H and O–H groups in total. The molecule has 2 nitrogen and oxygen atoms in total. The molecule has 11 aromatic carbocycles. The van der Waals surface area contributed by atoms with Crippen molar-refractivity contribution in [2.45, 2.75) is 13.5 Å². The molecule has 1 heterocycles. The van der Waals surface area contributed by atoms with Crippen LogP contribution in [0.15, 0.2) is 188 Å². The van der Waals surface area contributed by atoms with Crippen LogP contribution in [0.25, 0.3) is 120 Å². The fourth-order valence-corrected chi connectivity index (χ4v) is 9.60. The number of aryl methyl sites for hydroxylation is 1. The highest BCUT2D eigenvalue weighted by Gasteiger charge is 2.17. The van der Waals surface area contributed by atoms with E-state index in [2.05, 4.69) is 200 Å². The number of fused-ring (bicyclic) bond motifs is 3. The monoisotopic (exact) mass is 724 g/mol. The molecule has 0 radical (unpaired) electrons. The van der Waals surface area contributed by atoms with E-state index in [1.54, 1.807) is 0 Å². The van der Waals surface area contributed by atoms with Crippen LogP contribution in [0.3, 0.4) is 0 Å². The van der Waals surface area contributed by atoms with E-state index >= 15 is 0 Å². The third-order valence-corrected chi connectivity index (χ3v) is 12.3. The Labute approximate surface area is 330 Å². The zero-order valence-corrected chi connectivity index (χ0v) is 31.5. The first-order valence-electron chi connectivity index (χ1n) is 19.9. The SMILES string of the molecule is CCn1c(-c2ccccc2)nc2cc(-c3ccc(-c4ccc(-c5cc6ccc7cccc8c9cccc%10ccc%11cccc(c(c5)c6c78)c%11c%109)cc4)cc3)ccc21. The number of benzene rings is 10. The van der Waals surface area contributed by atoms with E-state index in [9.17, 15) is 0 Å². The summed E-state index contributed by atoms with van der Waals surface area (Å²) < 4.78 is 2.30. The van der Waals surface area contributed by atoms with Crippen molar-refractivity contribution in [1.82, 2.24) is 9.55 Å². The molecule has 12 aromatic rings. The highest BCUT2D eigenvalue weighted by Crippen LogP contribution is 2.44. The molecule has 0 aliphatic heterocycles. The van der Waals surface area contributed by atoms with Gasteiger partial charge in [-0.05, 0) is 129 Å². The second-order valence-corrected chi connectivity index (χ2v) is 15.4. The van der Waals surface area contributed by atoms with E-state index < -0.39 is 0 Å². The van der Waals surface area contributed by atoms with Gasteiger partial charge in [0.05, 0.1) is 11.0 Å². The summed E-state index contributed by atoms with van der Waals surface area (Å²) in [5.74, 6) is 1.02. The lowest BCUT2D eigenvalue weighted by molar-refractivity contribution is 0.796. The molecule has 0 spiro atoms. The number of hydrogen-bond donors (Lipinski definition) is 0. The van der Waals surface area contributed by atoms with Gasteiger partial charge in [0, 0.05) is 12.1 Å². The topological polar surface area (TPSA) is 17.8 Å². The van der Waals surface area contributed by atoms with Crippen LogP contribution in [0.1, 0.15) is 6.92 Å². The summed E-state index contributed by atoms with van der Waals surface area (Å²) >= 11 is 0. The molecule has 2 heteroatoms. The third-order valence-electron chi connectivity index (χ3n) is 12.3. The van der Waals surface area contributed by atoms with Crippen molar-refractivity contribution >= 4 is 75.7 Å². The summed E-state index contributed by atoms with van der Waals surface area (Å²) in [4.78, 5) is 5.08. The van der Waals surface area contributed by atoms with Crippen molar-refractivity contribution in [2.24, 2.45) is 0 Å². The van der Waals surface area contributed by atoms with Crippen LogP contribution in [0.5, 0.6) is 0 Å². The van der Waals surface area contributed by atoms with Gasteiger partial charge in [-0.3, -0.25) is 0 Å². The zero-order valence-electron chi connectivity index (χ0n) is 31.5. The van der Waals surface area contributed by atoms with Gasteiger partial charge in [0.25, 0.3) is 0 Å². The fraction of sp³-hybridized carbons (Fsp3) is 0.0364. The summed E-state index contributed by atoms with van der Waals surface area (Å²) in [6, 6.07) is 69.5. The van der Waals surface area contributed by atoms with Gasteiger partial charge < -0.3 is 4.57 Å². The first kappa shape index (κ1) is 32.0. The van der Waals surface area contributed by atoms with E-state index in [0.29, 0.717) is 0 Å². The van der Waals surface area contributed by atoms with Crippen molar-refractivity contribution in [3.05, 3.63) is 188 Å². The summed E-state index contributed by atoms with van der Waals surface area (Å²) in [7, 11) is 0. The lowest BCUT2D eigenvalue weighted by atomic mass is 9.86. The highest BCUT2D eigenvalue weighted by molar-refractivity contribution is 6.37. The molecule has 57 heavy (non-hydrogen) atoms. The largest absolute Gasteiger partial charge is 0.324 e. The maximum Gasteiger partial charge on any atom is 0.141 e. The smallest absolute Gasteiger partial charge is 0.141 e. The minimum Gasteiger partial charge on any atom is -0.324 e. The first-order valence-corrected chi connectivity index (χ1v) is 19.9. The Morgan fingerprint density at radius 3 is 1.39 bits per heavy atom. The van der Waals surface area contributed by atoms with Crippen LogP contribution in [0.4, 0.5) is 0 Å². The van der Waals surface area contributed by atoms with E-state index in [4.69, 9.17) is 4.98 Å². The third kappa shape index (κ3) is 4.87. The Kier molecular flexibility index (Phi) is 6.94. The normalized spacial score (nSPS) is 12.0. The second-order valence-electron chi connectivity index (χ2n) is 15.4. The average Bonchev–Trinajstić information content (AvgIpc) is 3.66. The van der Waals surface area contributed by atoms with E-state index in [1.165, 1.54) is 98.0 Å². The predicted octanol–water partition coefficient (Wildman–Crippen LogP) is 15.1. The van der Waals surface area contributed by atoms with Gasteiger partial charge in [-0.1, -0.05) is 164 Å². The maximum atomic E-state index is 5.08. The zero-order chi connectivity index (χ0) is 37.6. The molecular formula is C55H36N2. The summed E-state index contributed by atoms with van der Waals surface area (Å²) in [5, 5.41) is 15.6. The van der Waals surface area contributed by atoms with E-state index in [-0.39, 0.29) is 0 Å². The molecule has 0 saturated heterocycles. The van der Waals surface area contributed by atoms with Crippen molar-refractivity contribution in [2.75, 3.05) is 0 Å². The van der Waals surface area contributed by atoms with Crippen molar-refractivity contribution in [1.29, 1.82) is 0 Å². The number of nitrogens with zero attached hydrogens (tertiary/aromatic N) is 2. The van der Waals surface area contributed by atoms with Gasteiger partial charge in [-0.2, -0.15) is 0 Å². The Hall–Kier alpha value is -7.29. The Morgan fingerprint density at radius 2 is 0.825 bits per heavy atom. The summed E-state index contributed by atoms with van der Waals surface area (Å²) in [6.07, 6.45) is 0. The summed E-state index contributed by atoms with van der Waals surface area (Å²) in [6.45, 7) is 3.05. The van der Waals surface area contributed by atoms with Crippen LogP contribution < -0.4 is 0 Å². The second kappa shape index (κ2) is 12.4. The molecule has 0 amide bonds. The number of hydrogen-bond acceptors (Lipinski definition) is 1. The fourth-order valence-electron chi connectivity index (χ4n) is 9.60. The lowest BCUT2D eigenvalue weighted by Crippen LogP contribution is -1.97. The molecule has 0 fully saturated rings. The molecule has 0 bridgehead atoms. The Balaban J connectivity index is 0.948. The van der Waals surface area contributed by atoms with Crippen molar-refractivity contribution < 1.29 is 0 Å². The molecule has 12 rings (SSSR count). The Morgan fingerprint density at radius 1 is 0.351 bits per heavy atom. The molecule has 0 unspecified atom stereocenters. The van der Waals surface area contributed by atoms with Crippen molar-refractivity contribution in [3.8, 4) is 44.8 Å². The van der Waals surface area contributed by atoms with Crippen LogP contribution >= 0.6 is 0 Å². The van der Waals surface area contributed by atoms with Crippen LogP contribution in [-0.2, 0) is 6.54 Å². The van der Waals surface area contributed by atoms with Gasteiger partial charge in [0.1, 0.15) is 5.82 Å². The minimum atomic E-state index is 0.871. The van der Waals surface area contributed by atoms with Gasteiger partial charge in [0.15, 0.2) is 0 Å². The standard InChI is InChI=1S/C55H36N2/c1-2-57-50-30-29-42(33-49(50)56-55(57)41-9-4-3-5-10-41)36-21-17-34(18-22-36)35-19-23-37(24-20-35)44-31-43-28-27-40-12-7-15-46-45-14-6-11-38-25-26-39-13-8-16-47(53(39)51(38)45)48(32-44)54(43)52(40)46/h3-33H,2H2,1H3. The summed E-state index contributed by atoms with van der Waals surface area (Å²) in [5.41, 5.74) is 10.5. The highest BCUT2D eigenvalue weighted by atomic mass is 15.1. The number of imidazole rings is 1. The van der Waals surface area contributed by atoms with Crippen LogP contribution in [-0.4, -0.2) is 9.55 Å². The molecule has 1 aromatic heterocycles. The minimum absolute atomic E-state index is 0.871. The van der Waals surface area contributed by atoms with E-state index in [1.807, 2.05) is 0 Å². The van der Waals surface area contributed by atoms with Gasteiger partial charge in [0.2, 0.25) is 0 Å². The molecular weight excluding hydrogens is 689 g/mol. The Bertz CT molecular complexity index is 3510. The average molecular weight is 725 g/mol. The van der Waals surface area contributed by atoms with Gasteiger partial charge in [-0.25, -0.2) is 4.98 Å². The molecule has 266 valence electrons. The molecule has 0 aliphatic carbocycles. The molecule has 0 saturated carbocycles. The maximum absolute atomic E-state index is 5.08. The van der Waals surface area contributed by atoms with Crippen molar-refractivity contribution in [3.63, 3.8) is 0 Å². The van der Waals surface area contributed by atoms with Gasteiger partial charge in [-0.15, -0.1) is 0 Å². The quantitative estimate of drug-likeness (QED) is 0.162. The molecule has 0 aliphatic rings. The van der Waals surface area contributed by atoms with E-state index in [0.717, 1.165) is 29.0 Å². The molecule has 0 atom stereocenters. The van der Waals surface area contributed by atoms with Gasteiger partial charge >= 0.3 is 0 Å². The number of rotatable bonds is 5. The first-order chi connectivity index (χ1) is 28.2.